The number of hydrogen-bond donors (Lipinski definition) is 3. The van der Waals surface area contributed by atoms with Crippen LogP contribution >= 0.6 is 0 Å². The number of methoxy groups -OCH3 is 1. The van der Waals surface area contributed by atoms with Crippen LogP contribution in [0.5, 0.6) is 5.75 Å². The Morgan fingerprint density at radius 3 is 2.50 bits per heavy atom. The number of amides is 1. The molecule has 1 aromatic carbocycles. The van der Waals surface area contributed by atoms with Crippen LogP contribution in [0.15, 0.2) is 24.3 Å². The second-order valence-electron chi connectivity index (χ2n) is 2.93. The van der Waals surface area contributed by atoms with Crippen LogP contribution in [0.3, 0.4) is 0 Å². The van der Waals surface area contributed by atoms with Crippen molar-refractivity contribution in [2.24, 2.45) is 0 Å². The molecule has 0 saturated heterocycles. The molecule has 0 fully saturated rings. The topological polar surface area (TPSA) is 88.0 Å². The van der Waals surface area contributed by atoms with Crippen LogP contribution in [0.25, 0.3) is 0 Å². The van der Waals surface area contributed by atoms with E-state index in [-0.39, 0.29) is 0 Å². The van der Waals surface area contributed by atoms with Crippen LogP contribution in [-0.2, 0) is 11.3 Å². The molecule has 0 atom stereocenters. The molecule has 0 heterocycles. The first-order valence-electron chi connectivity index (χ1n) is 4.55. The van der Waals surface area contributed by atoms with Crippen LogP contribution in [-0.4, -0.2) is 30.6 Å². The molecular formula is C9H12BNO5. The van der Waals surface area contributed by atoms with E-state index in [2.05, 4.69) is 14.7 Å². The quantitative estimate of drug-likeness (QED) is 0.622. The maximum absolute atomic E-state index is 10.8. The van der Waals surface area contributed by atoms with E-state index >= 15 is 0 Å². The smallest absolute Gasteiger partial charge is 0.512 e. The van der Waals surface area contributed by atoms with Gasteiger partial charge in [-0.1, -0.05) is 12.1 Å². The Balaban J connectivity index is 2.48. The van der Waals surface area contributed by atoms with Gasteiger partial charge in [-0.05, 0) is 17.7 Å². The van der Waals surface area contributed by atoms with Gasteiger partial charge in [-0.25, -0.2) is 4.79 Å². The van der Waals surface area contributed by atoms with Gasteiger partial charge in [-0.15, -0.1) is 0 Å². The van der Waals surface area contributed by atoms with Gasteiger partial charge in [-0.2, -0.15) is 0 Å². The second-order valence-corrected chi connectivity index (χ2v) is 2.93. The second kappa shape index (κ2) is 5.99. The fourth-order valence-electron chi connectivity index (χ4n) is 1.05. The van der Waals surface area contributed by atoms with Gasteiger partial charge in [0.15, 0.2) is 0 Å². The lowest BCUT2D eigenvalue weighted by molar-refractivity contribution is 0.170. The number of carbonyl (C=O) groups is 1. The summed E-state index contributed by atoms with van der Waals surface area (Å²) in [5.41, 5.74) is 0.838. The number of nitrogens with one attached hydrogen (secondary N) is 1. The van der Waals surface area contributed by atoms with E-state index in [0.717, 1.165) is 5.56 Å². The van der Waals surface area contributed by atoms with Gasteiger partial charge in [0, 0.05) is 6.54 Å². The Bertz CT molecular complexity index is 340. The fraction of sp³-hybridized carbons (Fsp3) is 0.222. The van der Waals surface area contributed by atoms with Crippen LogP contribution < -0.4 is 9.97 Å². The maximum atomic E-state index is 10.8. The van der Waals surface area contributed by atoms with Gasteiger partial charge in [0.1, 0.15) is 5.75 Å². The van der Waals surface area contributed by atoms with Gasteiger partial charge in [0.05, 0.1) is 7.11 Å². The van der Waals surface area contributed by atoms with Crippen molar-refractivity contribution in [3.05, 3.63) is 29.8 Å². The number of ether oxygens (including phenoxy) is 1. The highest BCUT2D eigenvalue weighted by Crippen LogP contribution is 2.12. The first-order valence-corrected chi connectivity index (χ1v) is 4.55. The lowest BCUT2D eigenvalue weighted by Gasteiger charge is -2.06. The monoisotopic (exact) mass is 225 g/mol. The van der Waals surface area contributed by atoms with Crippen molar-refractivity contribution in [3.63, 3.8) is 0 Å². The molecule has 0 aliphatic heterocycles. The van der Waals surface area contributed by atoms with Crippen LogP contribution in [0.2, 0.25) is 0 Å². The average molecular weight is 225 g/mol. The Morgan fingerprint density at radius 1 is 1.38 bits per heavy atom. The average Bonchev–Trinajstić information content (AvgIpc) is 2.27. The zero-order valence-corrected chi connectivity index (χ0v) is 8.71. The predicted octanol–water partition coefficient (Wildman–Crippen LogP) is -0.109. The number of alkyl carbamates (subject to hydrolysis) is 1. The summed E-state index contributed by atoms with van der Waals surface area (Å²) in [7, 11) is -0.548. The van der Waals surface area contributed by atoms with Crippen molar-refractivity contribution in [1.29, 1.82) is 0 Å². The highest BCUT2D eigenvalue weighted by molar-refractivity contribution is 6.33. The van der Waals surface area contributed by atoms with Crippen molar-refractivity contribution in [2.75, 3.05) is 7.11 Å². The third-order valence-corrected chi connectivity index (χ3v) is 1.79. The number of rotatable bonds is 4. The van der Waals surface area contributed by atoms with Gasteiger partial charge >= 0.3 is 13.4 Å². The van der Waals surface area contributed by atoms with Crippen LogP contribution in [0.1, 0.15) is 5.56 Å². The third kappa shape index (κ3) is 4.20. The van der Waals surface area contributed by atoms with Gasteiger partial charge in [-0.3, -0.25) is 0 Å². The Labute approximate surface area is 93.0 Å². The zero-order valence-electron chi connectivity index (χ0n) is 8.71. The summed E-state index contributed by atoms with van der Waals surface area (Å²) in [5.74, 6) is 0.330. The SMILES string of the molecule is COC(=O)NCc1ccc(OB(O)O)cc1. The van der Waals surface area contributed by atoms with Crippen molar-refractivity contribution < 1.29 is 24.2 Å². The van der Waals surface area contributed by atoms with Gasteiger partial charge in [0.2, 0.25) is 0 Å². The molecule has 0 bridgehead atoms. The van der Waals surface area contributed by atoms with Crippen molar-refractivity contribution in [2.45, 2.75) is 6.54 Å². The summed E-state index contributed by atoms with van der Waals surface area (Å²) in [6, 6.07) is 6.50. The summed E-state index contributed by atoms with van der Waals surface area (Å²) < 4.78 is 9.02. The first-order chi connectivity index (χ1) is 7.61. The molecule has 1 rings (SSSR count). The van der Waals surface area contributed by atoms with Crippen LogP contribution in [0.4, 0.5) is 4.79 Å². The molecule has 86 valence electrons. The molecule has 3 N–H and O–H groups in total. The van der Waals surface area contributed by atoms with E-state index < -0.39 is 13.4 Å². The van der Waals surface area contributed by atoms with E-state index in [9.17, 15) is 4.79 Å². The zero-order chi connectivity index (χ0) is 12.0. The predicted molar refractivity (Wildman–Crippen MR) is 56.5 cm³/mol. The van der Waals surface area contributed by atoms with Crippen molar-refractivity contribution in [3.8, 4) is 5.75 Å². The Hall–Kier alpha value is -1.73. The molecule has 1 aromatic rings. The maximum Gasteiger partial charge on any atom is 0.707 e. The summed E-state index contributed by atoms with van der Waals surface area (Å²) in [6.07, 6.45) is -0.508. The highest BCUT2D eigenvalue weighted by Gasteiger charge is 2.10. The summed E-state index contributed by atoms with van der Waals surface area (Å²) >= 11 is 0. The van der Waals surface area contributed by atoms with E-state index in [1.54, 1.807) is 24.3 Å². The molecule has 7 heteroatoms. The number of carbonyl (C=O) groups excluding carboxylic acids is 1. The van der Waals surface area contributed by atoms with Crippen molar-refractivity contribution >= 4 is 13.4 Å². The molecule has 0 unspecified atom stereocenters. The molecule has 0 radical (unpaired) electrons. The lowest BCUT2D eigenvalue weighted by atomic mass is 10.2. The van der Waals surface area contributed by atoms with Gasteiger partial charge < -0.3 is 24.8 Å². The van der Waals surface area contributed by atoms with E-state index in [0.29, 0.717) is 12.3 Å². The number of hydrogen-bond acceptors (Lipinski definition) is 5. The summed E-state index contributed by atoms with van der Waals surface area (Å²) in [6.45, 7) is 0.328. The normalized spacial score (nSPS) is 9.44. The largest absolute Gasteiger partial charge is 0.707 e. The Kier molecular flexibility index (Phi) is 4.62. The molecule has 0 saturated carbocycles. The van der Waals surface area contributed by atoms with Crippen LogP contribution in [0, 0.1) is 0 Å². The standard InChI is InChI=1S/C9H12BNO5/c1-15-9(12)11-6-7-2-4-8(5-3-7)16-10(13)14/h2-5,13-14H,6H2,1H3,(H,11,12). The first kappa shape index (κ1) is 12.3. The minimum absolute atomic E-state index is 0.328. The van der Waals surface area contributed by atoms with E-state index in [1.807, 2.05) is 0 Å². The Morgan fingerprint density at radius 2 is 2.00 bits per heavy atom. The third-order valence-electron chi connectivity index (χ3n) is 1.79. The van der Waals surface area contributed by atoms with Crippen molar-refractivity contribution in [1.82, 2.24) is 5.32 Å². The van der Waals surface area contributed by atoms with Gasteiger partial charge in [0.25, 0.3) is 0 Å². The molecular weight excluding hydrogens is 213 g/mol. The molecule has 6 nitrogen and oxygen atoms in total. The number of benzene rings is 1. The molecule has 0 aliphatic carbocycles. The summed E-state index contributed by atoms with van der Waals surface area (Å²) in [4.78, 5) is 10.8. The minimum Gasteiger partial charge on any atom is -0.512 e. The molecule has 0 spiro atoms. The highest BCUT2D eigenvalue weighted by atomic mass is 16.6. The molecule has 16 heavy (non-hydrogen) atoms. The summed E-state index contributed by atoms with van der Waals surface area (Å²) in [5, 5.41) is 19.6. The molecule has 0 aliphatic rings. The van der Waals surface area contributed by atoms with E-state index in [1.165, 1.54) is 7.11 Å². The van der Waals surface area contributed by atoms with E-state index in [4.69, 9.17) is 10.0 Å². The minimum atomic E-state index is -1.83. The fourth-order valence-corrected chi connectivity index (χ4v) is 1.05. The molecule has 0 aromatic heterocycles. The lowest BCUT2D eigenvalue weighted by Crippen LogP contribution is -2.22. The molecule has 1 amide bonds.